The van der Waals surface area contributed by atoms with Crippen molar-refractivity contribution in [2.24, 2.45) is 0 Å². The molecule has 22 heavy (non-hydrogen) atoms. The summed E-state index contributed by atoms with van der Waals surface area (Å²) in [6.45, 7) is 0.449. The second-order valence-corrected chi connectivity index (χ2v) is 4.61. The molecule has 1 heterocycles. The molecule has 0 saturated heterocycles. The van der Waals surface area contributed by atoms with Gasteiger partial charge in [-0.2, -0.15) is 0 Å². The summed E-state index contributed by atoms with van der Waals surface area (Å²) in [7, 11) is 1.25. The van der Waals surface area contributed by atoms with Crippen LogP contribution in [0.4, 0.5) is 0 Å². The van der Waals surface area contributed by atoms with Gasteiger partial charge in [0.05, 0.1) is 7.11 Å². The number of hydrogen-bond acceptors (Lipinski definition) is 6. The average Bonchev–Trinajstić information content (AvgIpc) is 3.01. The molecular weight excluding hydrogens is 288 g/mol. The van der Waals surface area contributed by atoms with Gasteiger partial charge in [0.15, 0.2) is 11.5 Å². The molecule has 1 N–H and O–H groups in total. The van der Waals surface area contributed by atoms with Crippen LogP contribution in [0.15, 0.2) is 36.4 Å². The lowest BCUT2D eigenvalue weighted by molar-refractivity contribution is 0.0597. The summed E-state index contributed by atoms with van der Waals surface area (Å²) >= 11 is 0. The fourth-order valence-corrected chi connectivity index (χ4v) is 2.15. The number of hydrogen-bond donors (Lipinski definition) is 1. The summed E-state index contributed by atoms with van der Waals surface area (Å²) in [6.07, 6.45) is 0. The topological polar surface area (TPSA) is 74.2 Å². The fourth-order valence-electron chi connectivity index (χ4n) is 2.15. The van der Waals surface area contributed by atoms with E-state index in [1.54, 1.807) is 6.07 Å². The number of benzene rings is 2. The van der Waals surface area contributed by atoms with E-state index in [0.717, 1.165) is 5.56 Å². The number of esters is 1. The van der Waals surface area contributed by atoms with E-state index in [1.807, 2.05) is 18.2 Å². The molecule has 0 radical (unpaired) electrons. The fraction of sp³-hybridized carbons (Fsp3) is 0.188. The highest BCUT2D eigenvalue weighted by Gasteiger charge is 2.18. The van der Waals surface area contributed by atoms with E-state index in [1.165, 1.54) is 19.2 Å². The van der Waals surface area contributed by atoms with Gasteiger partial charge in [-0.05, 0) is 18.2 Å². The molecule has 0 spiro atoms. The third-order valence-corrected chi connectivity index (χ3v) is 3.25. The molecule has 6 heteroatoms. The summed E-state index contributed by atoms with van der Waals surface area (Å²) in [4.78, 5) is 11.4. The molecule has 0 unspecified atom stereocenters. The van der Waals surface area contributed by atoms with Crippen LogP contribution in [0.2, 0.25) is 0 Å². The Morgan fingerprint density at radius 3 is 2.91 bits per heavy atom. The van der Waals surface area contributed by atoms with Crippen molar-refractivity contribution in [1.82, 2.24) is 0 Å². The molecule has 0 amide bonds. The van der Waals surface area contributed by atoms with Crippen molar-refractivity contribution < 1.29 is 28.8 Å². The highest BCUT2D eigenvalue weighted by molar-refractivity contribution is 5.92. The molecule has 0 saturated carbocycles. The van der Waals surface area contributed by atoms with Crippen LogP contribution >= 0.6 is 0 Å². The van der Waals surface area contributed by atoms with E-state index in [0.29, 0.717) is 17.2 Å². The van der Waals surface area contributed by atoms with Gasteiger partial charge in [-0.25, -0.2) is 4.79 Å². The summed E-state index contributed by atoms with van der Waals surface area (Å²) < 4.78 is 20.9. The number of aromatic hydroxyl groups is 1. The zero-order chi connectivity index (χ0) is 15.5. The Morgan fingerprint density at radius 2 is 2.14 bits per heavy atom. The van der Waals surface area contributed by atoms with Crippen molar-refractivity contribution in [1.29, 1.82) is 0 Å². The van der Waals surface area contributed by atoms with Gasteiger partial charge in [-0.1, -0.05) is 12.1 Å². The van der Waals surface area contributed by atoms with E-state index in [9.17, 15) is 9.90 Å². The molecule has 0 bridgehead atoms. The van der Waals surface area contributed by atoms with Gasteiger partial charge in [0.2, 0.25) is 6.79 Å². The van der Waals surface area contributed by atoms with Gasteiger partial charge in [0, 0.05) is 11.6 Å². The number of carbonyl (C=O) groups is 1. The minimum absolute atomic E-state index is 0.0900. The third-order valence-electron chi connectivity index (χ3n) is 3.25. The molecule has 1 aliphatic heterocycles. The Balaban J connectivity index is 1.74. The quantitative estimate of drug-likeness (QED) is 0.875. The van der Waals surface area contributed by atoms with Crippen molar-refractivity contribution in [3.8, 4) is 23.0 Å². The monoisotopic (exact) mass is 302 g/mol. The van der Waals surface area contributed by atoms with Crippen LogP contribution < -0.4 is 14.2 Å². The molecule has 0 aliphatic carbocycles. The van der Waals surface area contributed by atoms with Gasteiger partial charge in [-0.15, -0.1) is 0 Å². The van der Waals surface area contributed by atoms with Crippen molar-refractivity contribution >= 4 is 5.97 Å². The third kappa shape index (κ3) is 2.63. The predicted molar refractivity (Wildman–Crippen MR) is 76.3 cm³/mol. The minimum Gasteiger partial charge on any atom is -0.507 e. The number of rotatable bonds is 4. The first-order valence-electron chi connectivity index (χ1n) is 6.60. The maximum absolute atomic E-state index is 11.4. The number of ether oxygens (including phenoxy) is 4. The van der Waals surface area contributed by atoms with Crippen LogP contribution in [-0.4, -0.2) is 25.0 Å². The highest BCUT2D eigenvalue weighted by Crippen LogP contribution is 2.36. The molecule has 1 aliphatic rings. The Morgan fingerprint density at radius 1 is 1.27 bits per heavy atom. The zero-order valence-electron chi connectivity index (χ0n) is 11.9. The highest BCUT2D eigenvalue weighted by atomic mass is 16.7. The van der Waals surface area contributed by atoms with Crippen LogP contribution in [0.1, 0.15) is 15.9 Å². The molecule has 2 aromatic carbocycles. The van der Waals surface area contributed by atoms with Crippen LogP contribution in [0.5, 0.6) is 23.0 Å². The van der Waals surface area contributed by atoms with Crippen molar-refractivity contribution in [3.05, 3.63) is 47.5 Å². The Labute approximate surface area is 126 Å². The summed E-state index contributed by atoms with van der Waals surface area (Å²) in [5.74, 6) is 0.988. The predicted octanol–water partition coefficient (Wildman–Crippen LogP) is 2.49. The Kier molecular flexibility index (Phi) is 3.74. The molecule has 114 valence electrons. The molecule has 0 fully saturated rings. The largest absolute Gasteiger partial charge is 0.507 e. The first-order valence-corrected chi connectivity index (χ1v) is 6.60. The van der Waals surface area contributed by atoms with E-state index in [2.05, 4.69) is 4.74 Å². The second kappa shape index (κ2) is 5.85. The molecule has 0 atom stereocenters. The summed E-state index contributed by atoms with van der Waals surface area (Å²) in [5, 5.41) is 9.82. The normalized spacial score (nSPS) is 12.0. The smallest absolute Gasteiger partial charge is 0.341 e. The molecule has 3 rings (SSSR count). The maximum Gasteiger partial charge on any atom is 0.341 e. The number of fused-ring (bicyclic) bond motifs is 1. The minimum atomic E-state index is -0.601. The Hall–Kier alpha value is -2.89. The van der Waals surface area contributed by atoms with E-state index in [-0.39, 0.29) is 24.7 Å². The second-order valence-electron chi connectivity index (χ2n) is 4.61. The summed E-state index contributed by atoms with van der Waals surface area (Å²) in [6, 6.07) is 9.95. The molecule has 2 aromatic rings. The number of phenols is 1. The maximum atomic E-state index is 11.4. The number of phenolic OH excluding ortho intramolecular Hbond substituents is 1. The first-order chi connectivity index (χ1) is 10.7. The van der Waals surface area contributed by atoms with Crippen LogP contribution in [0.25, 0.3) is 0 Å². The van der Waals surface area contributed by atoms with Gasteiger partial charge in [0.1, 0.15) is 23.7 Å². The van der Waals surface area contributed by atoms with Crippen molar-refractivity contribution in [2.45, 2.75) is 6.61 Å². The van der Waals surface area contributed by atoms with Gasteiger partial charge in [-0.3, -0.25) is 0 Å². The lowest BCUT2D eigenvalue weighted by atomic mass is 10.2. The number of carbonyl (C=O) groups excluding carboxylic acids is 1. The van der Waals surface area contributed by atoms with E-state index in [4.69, 9.17) is 14.2 Å². The number of methoxy groups -OCH3 is 1. The number of para-hydroxylation sites is 1. The SMILES string of the molecule is COC(=O)c1ccc(OCc2cccc3c2OCO3)cc1O. The lowest BCUT2D eigenvalue weighted by Crippen LogP contribution is -2.02. The van der Waals surface area contributed by atoms with E-state index < -0.39 is 5.97 Å². The van der Waals surface area contributed by atoms with Crippen LogP contribution in [-0.2, 0) is 11.3 Å². The Bertz CT molecular complexity index is 710. The lowest BCUT2D eigenvalue weighted by Gasteiger charge is -2.10. The van der Waals surface area contributed by atoms with Crippen LogP contribution in [0.3, 0.4) is 0 Å². The van der Waals surface area contributed by atoms with Crippen molar-refractivity contribution in [2.75, 3.05) is 13.9 Å². The van der Waals surface area contributed by atoms with Crippen LogP contribution in [0, 0.1) is 0 Å². The average molecular weight is 302 g/mol. The van der Waals surface area contributed by atoms with Gasteiger partial charge in [0.25, 0.3) is 0 Å². The molecule has 6 nitrogen and oxygen atoms in total. The van der Waals surface area contributed by atoms with E-state index >= 15 is 0 Å². The summed E-state index contributed by atoms with van der Waals surface area (Å²) in [5.41, 5.74) is 0.929. The standard InChI is InChI=1S/C16H14O6/c1-19-16(18)12-6-5-11(7-13(12)17)20-8-10-3-2-4-14-15(10)22-9-21-14/h2-7,17H,8-9H2,1H3. The first kappa shape index (κ1) is 14.1. The van der Waals surface area contributed by atoms with Crippen molar-refractivity contribution in [3.63, 3.8) is 0 Å². The van der Waals surface area contributed by atoms with Gasteiger partial charge >= 0.3 is 5.97 Å². The zero-order valence-corrected chi connectivity index (χ0v) is 11.9. The molecular formula is C16H14O6. The van der Waals surface area contributed by atoms with Gasteiger partial charge < -0.3 is 24.1 Å². The molecule has 0 aromatic heterocycles.